The van der Waals surface area contributed by atoms with Crippen LogP contribution < -0.4 is 5.73 Å². The van der Waals surface area contributed by atoms with Crippen LogP contribution in [0.4, 0.5) is 4.39 Å². The lowest BCUT2D eigenvalue weighted by atomic mass is 9.82. The zero-order valence-electron chi connectivity index (χ0n) is 11.4. The van der Waals surface area contributed by atoms with Crippen LogP contribution >= 0.6 is 0 Å². The summed E-state index contributed by atoms with van der Waals surface area (Å²) in [7, 11) is -3.95. The van der Waals surface area contributed by atoms with Gasteiger partial charge in [-0.05, 0) is 43.7 Å². The maximum Gasteiger partial charge on any atom is 0.306 e. The van der Waals surface area contributed by atoms with E-state index < -0.39 is 37.8 Å². The van der Waals surface area contributed by atoms with E-state index in [4.69, 9.17) is 10.8 Å². The van der Waals surface area contributed by atoms with Gasteiger partial charge in [0.15, 0.2) is 9.84 Å². The first-order valence-electron chi connectivity index (χ1n) is 6.81. The molecule has 0 spiro atoms. The molecule has 2 rings (SSSR count). The zero-order chi connectivity index (χ0) is 15.6. The van der Waals surface area contributed by atoms with Gasteiger partial charge >= 0.3 is 5.97 Å². The number of hydrogen-bond donors (Lipinski definition) is 2. The molecule has 1 aromatic rings. The molecule has 7 heteroatoms. The van der Waals surface area contributed by atoms with Gasteiger partial charge in [-0.1, -0.05) is 12.1 Å². The molecule has 0 saturated heterocycles. The van der Waals surface area contributed by atoms with Crippen molar-refractivity contribution in [3.05, 3.63) is 30.1 Å². The molecule has 1 saturated carbocycles. The third-order valence-electron chi connectivity index (χ3n) is 4.09. The average molecular weight is 315 g/mol. The van der Waals surface area contributed by atoms with Crippen LogP contribution in [-0.4, -0.2) is 24.9 Å². The van der Waals surface area contributed by atoms with Gasteiger partial charge in [0.2, 0.25) is 0 Å². The molecule has 0 amide bonds. The van der Waals surface area contributed by atoms with Gasteiger partial charge in [0.25, 0.3) is 0 Å². The maximum atomic E-state index is 13.7. The van der Waals surface area contributed by atoms with E-state index in [1.807, 2.05) is 0 Å². The van der Waals surface area contributed by atoms with E-state index >= 15 is 0 Å². The Kier molecular flexibility index (Phi) is 4.63. The Hall–Kier alpha value is -1.47. The summed E-state index contributed by atoms with van der Waals surface area (Å²) in [6.45, 7) is 0. The molecule has 1 aliphatic carbocycles. The molecule has 21 heavy (non-hydrogen) atoms. The Morgan fingerprint density at radius 3 is 2.33 bits per heavy atom. The first-order valence-corrected chi connectivity index (χ1v) is 8.35. The van der Waals surface area contributed by atoms with Gasteiger partial charge in [-0.3, -0.25) is 4.79 Å². The van der Waals surface area contributed by atoms with Crippen LogP contribution in [0.3, 0.4) is 0 Å². The molecule has 0 bridgehead atoms. The fraction of sp³-hybridized carbons (Fsp3) is 0.500. The van der Waals surface area contributed by atoms with Crippen molar-refractivity contribution in [1.29, 1.82) is 0 Å². The first kappa shape index (κ1) is 15.9. The van der Waals surface area contributed by atoms with Crippen molar-refractivity contribution >= 4 is 15.8 Å². The number of benzene rings is 1. The van der Waals surface area contributed by atoms with Crippen molar-refractivity contribution in [2.45, 2.75) is 36.0 Å². The first-order chi connectivity index (χ1) is 9.84. The lowest BCUT2D eigenvalue weighted by Gasteiger charge is -2.30. The summed E-state index contributed by atoms with van der Waals surface area (Å²) in [6, 6.07) is 5.15. The van der Waals surface area contributed by atoms with E-state index in [0.29, 0.717) is 25.7 Å². The summed E-state index contributed by atoms with van der Waals surface area (Å²) in [4.78, 5) is 10.5. The quantitative estimate of drug-likeness (QED) is 0.882. The third-order valence-corrected chi connectivity index (χ3v) is 6.13. The zero-order valence-corrected chi connectivity index (χ0v) is 12.2. The van der Waals surface area contributed by atoms with E-state index in [2.05, 4.69) is 0 Å². The monoisotopic (exact) mass is 315 g/mol. The fourth-order valence-corrected chi connectivity index (χ4v) is 4.45. The molecule has 116 valence electrons. The highest BCUT2D eigenvalue weighted by atomic mass is 32.2. The highest BCUT2D eigenvalue weighted by molar-refractivity contribution is 7.92. The van der Waals surface area contributed by atoms with Crippen LogP contribution in [0.5, 0.6) is 0 Å². The summed E-state index contributed by atoms with van der Waals surface area (Å²) in [5, 5.41) is 7.73. The summed E-state index contributed by atoms with van der Waals surface area (Å²) in [5.41, 5.74) is 5.85. The van der Waals surface area contributed by atoms with Gasteiger partial charge in [-0.15, -0.1) is 0 Å². The Morgan fingerprint density at radius 2 is 1.81 bits per heavy atom. The lowest BCUT2D eigenvalue weighted by molar-refractivity contribution is -0.143. The van der Waals surface area contributed by atoms with E-state index in [1.165, 1.54) is 18.2 Å². The summed E-state index contributed by atoms with van der Waals surface area (Å²) >= 11 is 0. The van der Waals surface area contributed by atoms with Crippen LogP contribution in [0.25, 0.3) is 0 Å². The Balaban J connectivity index is 2.15. The van der Waals surface area contributed by atoms with Gasteiger partial charge in [-0.2, -0.15) is 0 Å². The van der Waals surface area contributed by atoms with Crippen molar-refractivity contribution in [3.8, 4) is 0 Å². The SMILES string of the molecule is NC([C@H]1CC[C@H](C(=O)O)CC1)S(=O)(=O)c1ccccc1F. The van der Waals surface area contributed by atoms with Gasteiger partial charge in [-0.25, -0.2) is 12.8 Å². The molecule has 0 aromatic heterocycles. The number of carboxylic acids is 1. The number of sulfone groups is 1. The Bertz CT molecular complexity index is 624. The number of rotatable bonds is 4. The molecule has 1 atom stereocenters. The van der Waals surface area contributed by atoms with Gasteiger partial charge in [0.1, 0.15) is 16.1 Å². The molecular formula is C14H18FNO4S. The van der Waals surface area contributed by atoms with Crippen LogP contribution in [0.15, 0.2) is 29.2 Å². The average Bonchev–Trinajstić information content (AvgIpc) is 2.46. The smallest absolute Gasteiger partial charge is 0.306 e. The Morgan fingerprint density at radius 1 is 1.24 bits per heavy atom. The molecule has 1 unspecified atom stereocenters. The lowest BCUT2D eigenvalue weighted by Crippen LogP contribution is -2.40. The van der Waals surface area contributed by atoms with Crippen molar-refractivity contribution in [2.24, 2.45) is 17.6 Å². The van der Waals surface area contributed by atoms with Crippen LogP contribution in [0.1, 0.15) is 25.7 Å². The summed E-state index contributed by atoms with van der Waals surface area (Å²) in [5.74, 6) is -2.46. The highest BCUT2D eigenvalue weighted by Gasteiger charge is 2.36. The van der Waals surface area contributed by atoms with E-state index in [1.54, 1.807) is 0 Å². The van der Waals surface area contributed by atoms with Crippen molar-refractivity contribution in [1.82, 2.24) is 0 Å². The van der Waals surface area contributed by atoms with Gasteiger partial charge in [0.05, 0.1) is 5.92 Å². The molecule has 1 aromatic carbocycles. The second kappa shape index (κ2) is 6.11. The fourth-order valence-electron chi connectivity index (χ4n) is 2.77. The maximum absolute atomic E-state index is 13.7. The van der Waals surface area contributed by atoms with Crippen molar-refractivity contribution < 1.29 is 22.7 Å². The molecule has 0 heterocycles. The number of carboxylic acid groups (broad SMARTS) is 1. The highest BCUT2D eigenvalue weighted by Crippen LogP contribution is 2.33. The second-order valence-corrected chi connectivity index (χ2v) is 7.46. The van der Waals surface area contributed by atoms with Crippen LogP contribution in [0.2, 0.25) is 0 Å². The van der Waals surface area contributed by atoms with Crippen molar-refractivity contribution in [3.63, 3.8) is 0 Å². The molecule has 5 nitrogen and oxygen atoms in total. The van der Waals surface area contributed by atoms with E-state index in [0.717, 1.165) is 6.07 Å². The summed E-state index contributed by atoms with van der Waals surface area (Å²) in [6.07, 6.45) is 1.65. The second-order valence-electron chi connectivity index (χ2n) is 5.39. The predicted octanol–water partition coefficient (Wildman–Crippen LogP) is 1.78. The molecular weight excluding hydrogens is 297 g/mol. The minimum Gasteiger partial charge on any atom is -0.481 e. The minimum atomic E-state index is -3.95. The predicted molar refractivity (Wildman–Crippen MR) is 74.6 cm³/mol. The number of carbonyl (C=O) groups is 1. The standard InChI is InChI=1S/C14H18FNO4S/c15-11-3-1-2-4-12(11)21(19,20)13(16)9-5-7-10(8-6-9)14(17)18/h1-4,9-10,13H,5-8,16H2,(H,17,18)/t9-,10-,13?. The number of nitrogens with two attached hydrogens (primary N) is 1. The molecule has 0 aliphatic heterocycles. The third kappa shape index (κ3) is 3.24. The largest absolute Gasteiger partial charge is 0.481 e. The van der Waals surface area contributed by atoms with Crippen molar-refractivity contribution in [2.75, 3.05) is 0 Å². The van der Waals surface area contributed by atoms with Gasteiger partial charge < -0.3 is 10.8 Å². The van der Waals surface area contributed by atoms with Crippen LogP contribution in [-0.2, 0) is 14.6 Å². The number of aliphatic carboxylic acids is 1. The molecule has 0 radical (unpaired) electrons. The number of hydrogen-bond acceptors (Lipinski definition) is 4. The molecule has 3 N–H and O–H groups in total. The van der Waals surface area contributed by atoms with E-state index in [9.17, 15) is 17.6 Å². The summed E-state index contributed by atoms with van der Waals surface area (Å²) < 4.78 is 38.4. The Labute approximate surface area is 122 Å². The molecule has 1 aliphatic rings. The topological polar surface area (TPSA) is 97.5 Å². The number of halogens is 1. The normalized spacial score (nSPS) is 24.5. The van der Waals surface area contributed by atoms with Gasteiger partial charge in [0, 0.05) is 0 Å². The van der Waals surface area contributed by atoms with Crippen LogP contribution in [0, 0.1) is 17.7 Å². The van der Waals surface area contributed by atoms with E-state index in [-0.39, 0.29) is 5.92 Å². The minimum absolute atomic E-state index is 0.342. The molecule has 1 fully saturated rings.